The Morgan fingerprint density at radius 2 is 2.12 bits per heavy atom. The van der Waals surface area contributed by atoms with Crippen LogP contribution < -0.4 is 5.32 Å². The Hall–Kier alpha value is -0.620. The van der Waals surface area contributed by atoms with Gasteiger partial charge in [-0.15, -0.1) is 5.10 Å². The van der Waals surface area contributed by atoms with Gasteiger partial charge in [-0.1, -0.05) is 18.7 Å². The third-order valence-electron chi connectivity index (χ3n) is 3.31. The van der Waals surface area contributed by atoms with Crippen LogP contribution in [0.15, 0.2) is 5.16 Å². The Balaban J connectivity index is 1.87. The molecule has 0 amide bonds. The molecule has 0 spiro atoms. The van der Waals surface area contributed by atoms with E-state index in [1.165, 1.54) is 25.7 Å². The maximum absolute atomic E-state index is 4.12. The highest BCUT2D eigenvalue weighted by Crippen LogP contribution is 2.34. The molecule has 6 heteroatoms. The summed E-state index contributed by atoms with van der Waals surface area (Å²) < 4.78 is 1.90. The number of rotatable bonds is 5. The van der Waals surface area contributed by atoms with Crippen molar-refractivity contribution >= 4 is 11.8 Å². The molecule has 1 aliphatic rings. The Morgan fingerprint density at radius 1 is 1.35 bits per heavy atom. The Labute approximate surface area is 107 Å². The zero-order valence-electron chi connectivity index (χ0n) is 10.6. The zero-order chi connectivity index (χ0) is 12.1. The van der Waals surface area contributed by atoms with E-state index in [9.17, 15) is 0 Å². The van der Waals surface area contributed by atoms with Crippen molar-refractivity contribution in [2.24, 2.45) is 5.92 Å². The maximum Gasteiger partial charge on any atom is 0.209 e. The first-order valence-electron chi connectivity index (χ1n) is 6.37. The van der Waals surface area contributed by atoms with E-state index in [1.807, 2.05) is 23.5 Å². The fourth-order valence-electron chi connectivity index (χ4n) is 2.14. The zero-order valence-corrected chi connectivity index (χ0v) is 11.4. The second-order valence-electron chi connectivity index (χ2n) is 4.79. The third-order valence-corrected chi connectivity index (χ3v) is 4.62. The SMILES string of the molecule is CNCCn1nnnc1SC1CCC(C)CC1. The van der Waals surface area contributed by atoms with E-state index in [2.05, 4.69) is 27.8 Å². The second kappa shape index (κ2) is 6.35. The van der Waals surface area contributed by atoms with Crippen LogP contribution in [0.3, 0.4) is 0 Å². The molecule has 1 aliphatic carbocycles. The molecule has 17 heavy (non-hydrogen) atoms. The molecule has 1 saturated carbocycles. The molecule has 0 atom stereocenters. The van der Waals surface area contributed by atoms with Crippen molar-refractivity contribution in [1.82, 2.24) is 25.5 Å². The largest absolute Gasteiger partial charge is 0.318 e. The maximum atomic E-state index is 4.12. The van der Waals surface area contributed by atoms with Gasteiger partial charge in [-0.25, -0.2) is 4.68 Å². The molecular formula is C11H21N5S. The first-order chi connectivity index (χ1) is 8.29. The van der Waals surface area contributed by atoms with Crippen LogP contribution in [0.25, 0.3) is 0 Å². The molecule has 1 N–H and O–H groups in total. The summed E-state index contributed by atoms with van der Waals surface area (Å²) in [5.41, 5.74) is 0. The van der Waals surface area contributed by atoms with Gasteiger partial charge in [-0.05, 0) is 49.1 Å². The molecule has 1 heterocycles. The van der Waals surface area contributed by atoms with Crippen LogP contribution >= 0.6 is 11.8 Å². The van der Waals surface area contributed by atoms with Gasteiger partial charge in [0.1, 0.15) is 0 Å². The lowest BCUT2D eigenvalue weighted by Crippen LogP contribution is -2.18. The van der Waals surface area contributed by atoms with Gasteiger partial charge in [0.05, 0.1) is 6.54 Å². The summed E-state index contributed by atoms with van der Waals surface area (Å²) >= 11 is 1.85. The van der Waals surface area contributed by atoms with E-state index in [1.54, 1.807) is 0 Å². The van der Waals surface area contributed by atoms with E-state index in [0.717, 1.165) is 24.2 Å². The van der Waals surface area contributed by atoms with E-state index >= 15 is 0 Å². The van der Waals surface area contributed by atoms with Crippen LogP contribution in [0.4, 0.5) is 0 Å². The van der Waals surface area contributed by atoms with Crippen molar-refractivity contribution in [2.45, 2.75) is 49.6 Å². The average Bonchev–Trinajstić information content (AvgIpc) is 2.77. The lowest BCUT2D eigenvalue weighted by atomic mass is 9.91. The van der Waals surface area contributed by atoms with Crippen molar-refractivity contribution < 1.29 is 0 Å². The summed E-state index contributed by atoms with van der Waals surface area (Å²) in [5.74, 6) is 0.895. The van der Waals surface area contributed by atoms with E-state index in [0.29, 0.717) is 5.25 Å². The number of hydrogen-bond acceptors (Lipinski definition) is 5. The molecule has 0 unspecified atom stereocenters. The van der Waals surface area contributed by atoms with Gasteiger partial charge in [0.15, 0.2) is 0 Å². The fourth-order valence-corrected chi connectivity index (χ4v) is 3.27. The first-order valence-corrected chi connectivity index (χ1v) is 7.25. The number of likely N-dealkylation sites (N-methyl/N-ethyl adjacent to an activating group) is 1. The molecule has 0 radical (unpaired) electrons. The van der Waals surface area contributed by atoms with Crippen molar-refractivity contribution in [2.75, 3.05) is 13.6 Å². The molecular weight excluding hydrogens is 234 g/mol. The predicted octanol–water partition coefficient (Wildman–Crippen LogP) is 1.56. The molecule has 1 aromatic heterocycles. The number of nitrogens with one attached hydrogen (secondary N) is 1. The van der Waals surface area contributed by atoms with Crippen LogP contribution in [0.2, 0.25) is 0 Å². The fraction of sp³-hybridized carbons (Fsp3) is 0.909. The van der Waals surface area contributed by atoms with Crippen LogP contribution in [0.5, 0.6) is 0 Å². The minimum atomic E-state index is 0.700. The van der Waals surface area contributed by atoms with Gasteiger partial charge in [0.2, 0.25) is 5.16 Å². The highest BCUT2D eigenvalue weighted by Gasteiger charge is 2.21. The number of tetrazole rings is 1. The molecule has 2 rings (SSSR count). The van der Waals surface area contributed by atoms with Crippen LogP contribution in [0, 0.1) is 5.92 Å². The molecule has 0 saturated heterocycles. The van der Waals surface area contributed by atoms with Crippen LogP contribution in [0.1, 0.15) is 32.6 Å². The monoisotopic (exact) mass is 255 g/mol. The normalized spacial score (nSPS) is 25.1. The quantitative estimate of drug-likeness (QED) is 0.865. The van der Waals surface area contributed by atoms with Crippen molar-refractivity contribution in [3.05, 3.63) is 0 Å². The Bertz CT molecular complexity index is 332. The molecule has 1 fully saturated rings. The van der Waals surface area contributed by atoms with Gasteiger partial charge >= 0.3 is 0 Å². The van der Waals surface area contributed by atoms with Gasteiger partial charge in [-0.3, -0.25) is 0 Å². The van der Waals surface area contributed by atoms with Crippen LogP contribution in [-0.4, -0.2) is 39.0 Å². The topological polar surface area (TPSA) is 55.6 Å². The number of aromatic nitrogens is 4. The summed E-state index contributed by atoms with van der Waals surface area (Å²) in [6, 6.07) is 0. The lowest BCUT2D eigenvalue weighted by molar-refractivity contribution is 0.392. The highest BCUT2D eigenvalue weighted by molar-refractivity contribution is 7.99. The van der Waals surface area contributed by atoms with Crippen molar-refractivity contribution in [1.29, 1.82) is 0 Å². The van der Waals surface area contributed by atoms with Gasteiger partial charge < -0.3 is 5.32 Å². The van der Waals surface area contributed by atoms with Gasteiger partial charge in [0, 0.05) is 11.8 Å². The molecule has 96 valence electrons. The number of thioether (sulfide) groups is 1. The predicted molar refractivity (Wildman–Crippen MR) is 69.0 cm³/mol. The standard InChI is InChI=1S/C11H21N5S/c1-9-3-5-10(6-4-9)17-11-13-14-15-16(11)8-7-12-2/h9-10,12H,3-8H2,1-2H3. The third kappa shape index (κ3) is 3.67. The smallest absolute Gasteiger partial charge is 0.209 e. The second-order valence-corrected chi connectivity index (χ2v) is 6.06. The summed E-state index contributed by atoms with van der Waals surface area (Å²) in [7, 11) is 1.94. The molecule has 0 aliphatic heterocycles. The van der Waals surface area contributed by atoms with E-state index in [4.69, 9.17) is 0 Å². The average molecular weight is 255 g/mol. The molecule has 1 aromatic rings. The van der Waals surface area contributed by atoms with E-state index < -0.39 is 0 Å². The molecule has 0 aromatic carbocycles. The first kappa shape index (κ1) is 12.8. The van der Waals surface area contributed by atoms with Crippen LogP contribution in [-0.2, 0) is 6.54 Å². The minimum absolute atomic E-state index is 0.700. The summed E-state index contributed by atoms with van der Waals surface area (Å²) in [6.07, 6.45) is 5.28. The summed E-state index contributed by atoms with van der Waals surface area (Å²) in [4.78, 5) is 0. The summed E-state index contributed by atoms with van der Waals surface area (Å²) in [6.45, 7) is 4.09. The highest BCUT2D eigenvalue weighted by atomic mass is 32.2. The minimum Gasteiger partial charge on any atom is -0.318 e. The lowest BCUT2D eigenvalue weighted by Gasteiger charge is -2.24. The van der Waals surface area contributed by atoms with Crippen molar-refractivity contribution in [3.8, 4) is 0 Å². The molecule has 0 bridgehead atoms. The molecule has 5 nitrogen and oxygen atoms in total. The Kier molecular flexibility index (Phi) is 4.79. The number of nitrogens with zero attached hydrogens (tertiary/aromatic N) is 4. The Morgan fingerprint density at radius 3 is 2.82 bits per heavy atom. The summed E-state index contributed by atoms with van der Waals surface area (Å²) in [5, 5.41) is 16.7. The van der Waals surface area contributed by atoms with E-state index in [-0.39, 0.29) is 0 Å². The van der Waals surface area contributed by atoms with Crippen molar-refractivity contribution in [3.63, 3.8) is 0 Å². The van der Waals surface area contributed by atoms with Gasteiger partial charge in [-0.2, -0.15) is 0 Å². The van der Waals surface area contributed by atoms with Gasteiger partial charge in [0.25, 0.3) is 0 Å². The number of hydrogen-bond donors (Lipinski definition) is 1.